The number of aliphatic imine (C=N–C) groups is 1. The predicted octanol–water partition coefficient (Wildman–Crippen LogP) is 3.22. The van der Waals surface area contributed by atoms with Gasteiger partial charge in [-0.15, -0.1) is 24.0 Å². The normalized spacial score (nSPS) is 14.7. The van der Waals surface area contributed by atoms with Crippen molar-refractivity contribution in [3.8, 4) is 0 Å². The summed E-state index contributed by atoms with van der Waals surface area (Å²) in [7, 11) is 1.78. The molecule has 1 N–H and O–H groups in total. The van der Waals surface area contributed by atoms with Gasteiger partial charge in [-0.3, -0.25) is 9.79 Å². The number of benzene rings is 1. The van der Waals surface area contributed by atoms with Crippen LogP contribution in [0, 0.1) is 0 Å². The van der Waals surface area contributed by atoms with Gasteiger partial charge in [-0.25, -0.2) is 0 Å². The molecule has 0 bridgehead atoms. The molecule has 4 rings (SSSR count). The minimum absolute atomic E-state index is 0. The molecule has 0 saturated carbocycles. The van der Waals surface area contributed by atoms with E-state index in [4.69, 9.17) is 8.83 Å². The van der Waals surface area contributed by atoms with Gasteiger partial charge in [0.25, 0.3) is 5.91 Å². The number of halogens is 1. The van der Waals surface area contributed by atoms with E-state index in [2.05, 4.69) is 27.3 Å². The molecule has 154 valence electrons. The molecule has 1 amide bonds. The zero-order valence-corrected chi connectivity index (χ0v) is 18.7. The first-order valence-corrected chi connectivity index (χ1v) is 9.50. The number of piperazine rings is 1. The molecule has 0 atom stereocenters. The second-order valence-electron chi connectivity index (χ2n) is 6.73. The summed E-state index contributed by atoms with van der Waals surface area (Å²) in [5.41, 5.74) is 0.916. The van der Waals surface area contributed by atoms with Crippen LogP contribution in [0.1, 0.15) is 16.3 Å². The molecule has 1 aromatic carbocycles. The Morgan fingerprint density at radius 3 is 2.55 bits per heavy atom. The van der Waals surface area contributed by atoms with E-state index in [0.29, 0.717) is 18.8 Å². The van der Waals surface area contributed by atoms with Crippen molar-refractivity contribution < 1.29 is 13.6 Å². The van der Waals surface area contributed by atoms with Crippen LogP contribution in [-0.4, -0.2) is 61.4 Å². The van der Waals surface area contributed by atoms with E-state index in [0.717, 1.165) is 48.7 Å². The molecule has 0 radical (unpaired) electrons. The highest BCUT2D eigenvalue weighted by atomic mass is 127. The van der Waals surface area contributed by atoms with Gasteiger partial charge in [0.05, 0.1) is 6.26 Å². The molecule has 2 aromatic heterocycles. The Morgan fingerprint density at radius 2 is 1.86 bits per heavy atom. The van der Waals surface area contributed by atoms with E-state index in [1.165, 1.54) is 6.26 Å². The molecule has 0 aliphatic carbocycles. The Kier molecular flexibility index (Phi) is 7.18. The summed E-state index contributed by atoms with van der Waals surface area (Å²) in [5, 5.41) is 4.52. The minimum Gasteiger partial charge on any atom is -0.461 e. The fraction of sp³-hybridized carbons (Fsp3) is 0.333. The molecule has 3 aromatic rings. The van der Waals surface area contributed by atoms with Crippen LogP contribution in [0.3, 0.4) is 0 Å². The molecule has 0 spiro atoms. The Labute approximate surface area is 186 Å². The van der Waals surface area contributed by atoms with E-state index in [-0.39, 0.29) is 29.9 Å². The monoisotopic (exact) mass is 508 g/mol. The number of nitrogens with one attached hydrogen (secondary N) is 1. The van der Waals surface area contributed by atoms with Crippen molar-refractivity contribution in [1.29, 1.82) is 0 Å². The molecule has 7 nitrogen and oxygen atoms in total. The zero-order valence-electron chi connectivity index (χ0n) is 16.3. The lowest BCUT2D eigenvalue weighted by Crippen LogP contribution is -2.53. The third kappa shape index (κ3) is 4.92. The number of hydrogen-bond acceptors (Lipinski definition) is 4. The maximum Gasteiger partial charge on any atom is 0.289 e. The van der Waals surface area contributed by atoms with Gasteiger partial charge >= 0.3 is 0 Å². The Balaban J connectivity index is 0.00000240. The summed E-state index contributed by atoms with van der Waals surface area (Å²) in [6.45, 7) is 3.49. The van der Waals surface area contributed by atoms with Crippen LogP contribution in [0.2, 0.25) is 0 Å². The number of para-hydroxylation sites is 1. The van der Waals surface area contributed by atoms with Gasteiger partial charge < -0.3 is 24.0 Å². The fourth-order valence-electron chi connectivity index (χ4n) is 3.47. The van der Waals surface area contributed by atoms with E-state index in [1.54, 1.807) is 19.2 Å². The molecule has 3 heterocycles. The van der Waals surface area contributed by atoms with Crippen LogP contribution in [0.15, 0.2) is 62.6 Å². The fourth-order valence-corrected chi connectivity index (χ4v) is 3.47. The minimum atomic E-state index is -0.0579. The Morgan fingerprint density at radius 1 is 1.10 bits per heavy atom. The van der Waals surface area contributed by atoms with Gasteiger partial charge in [-0.05, 0) is 24.3 Å². The maximum atomic E-state index is 12.4. The van der Waals surface area contributed by atoms with Crippen LogP contribution in [0.5, 0.6) is 0 Å². The average Bonchev–Trinajstić information content (AvgIpc) is 3.40. The summed E-state index contributed by atoms with van der Waals surface area (Å²) < 4.78 is 11.1. The molecule has 8 heteroatoms. The SMILES string of the molecule is CN=C(NCCc1cc2ccccc2o1)N1CCN(C(=O)c2ccco2)CC1.I. The van der Waals surface area contributed by atoms with Crippen LogP contribution in [0.25, 0.3) is 11.0 Å². The van der Waals surface area contributed by atoms with Gasteiger partial charge in [0, 0.05) is 51.6 Å². The molecular weight excluding hydrogens is 483 g/mol. The summed E-state index contributed by atoms with van der Waals surface area (Å²) in [5.74, 6) is 2.14. The summed E-state index contributed by atoms with van der Waals surface area (Å²) in [6, 6.07) is 13.5. The smallest absolute Gasteiger partial charge is 0.289 e. The van der Waals surface area contributed by atoms with Gasteiger partial charge in [0.15, 0.2) is 11.7 Å². The predicted molar refractivity (Wildman–Crippen MR) is 123 cm³/mol. The topological polar surface area (TPSA) is 74.2 Å². The number of hydrogen-bond donors (Lipinski definition) is 1. The standard InChI is InChI=1S/C21H24N4O3.HI/c1-22-21(23-9-8-17-15-16-5-2-3-6-18(16)28-17)25-12-10-24(11-13-25)20(26)19-7-4-14-27-19;/h2-7,14-15H,8-13H2,1H3,(H,22,23);1H. The Hall–Kier alpha value is -2.49. The first-order chi connectivity index (χ1) is 13.7. The lowest BCUT2D eigenvalue weighted by atomic mass is 10.2. The summed E-state index contributed by atoms with van der Waals surface area (Å²) >= 11 is 0. The van der Waals surface area contributed by atoms with Crippen molar-refractivity contribution in [2.24, 2.45) is 4.99 Å². The largest absolute Gasteiger partial charge is 0.461 e. The maximum absolute atomic E-state index is 12.4. The molecule has 1 aliphatic rings. The van der Waals surface area contributed by atoms with Gasteiger partial charge in [0.1, 0.15) is 11.3 Å². The zero-order chi connectivity index (χ0) is 19.3. The van der Waals surface area contributed by atoms with Crippen LogP contribution >= 0.6 is 24.0 Å². The first-order valence-electron chi connectivity index (χ1n) is 9.50. The quantitative estimate of drug-likeness (QED) is 0.333. The van der Waals surface area contributed by atoms with Crippen LogP contribution < -0.4 is 5.32 Å². The van der Waals surface area contributed by atoms with Crippen LogP contribution in [-0.2, 0) is 6.42 Å². The van der Waals surface area contributed by atoms with E-state index < -0.39 is 0 Å². The van der Waals surface area contributed by atoms with Crippen molar-refractivity contribution in [1.82, 2.24) is 15.1 Å². The van der Waals surface area contributed by atoms with Crippen molar-refractivity contribution in [2.45, 2.75) is 6.42 Å². The van der Waals surface area contributed by atoms with E-state index in [9.17, 15) is 4.79 Å². The summed E-state index contributed by atoms with van der Waals surface area (Å²) in [6.07, 6.45) is 2.31. The van der Waals surface area contributed by atoms with E-state index >= 15 is 0 Å². The van der Waals surface area contributed by atoms with Crippen molar-refractivity contribution >= 4 is 46.8 Å². The number of amides is 1. The van der Waals surface area contributed by atoms with Gasteiger partial charge in [-0.1, -0.05) is 18.2 Å². The van der Waals surface area contributed by atoms with Gasteiger partial charge in [-0.2, -0.15) is 0 Å². The Bertz CT molecular complexity index is 926. The molecular formula is C21H25IN4O3. The van der Waals surface area contributed by atoms with Crippen molar-refractivity contribution in [3.05, 3.63) is 60.2 Å². The number of furan rings is 2. The third-order valence-electron chi connectivity index (χ3n) is 4.94. The lowest BCUT2D eigenvalue weighted by Gasteiger charge is -2.36. The third-order valence-corrected chi connectivity index (χ3v) is 4.94. The summed E-state index contributed by atoms with van der Waals surface area (Å²) in [4.78, 5) is 20.7. The van der Waals surface area contributed by atoms with E-state index in [1.807, 2.05) is 23.1 Å². The molecule has 1 fully saturated rings. The van der Waals surface area contributed by atoms with Crippen molar-refractivity contribution in [2.75, 3.05) is 39.8 Å². The number of carbonyl (C=O) groups is 1. The highest BCUT2D eigenvalue weighted by Crippen LogP contribution is 2.18. The molecule has 0 unspecified atom stereocenters. The molecule has 1 saturated heterocycles. The molecule has 1 aliphatic heterocycles. The number of rotatable bonds is 4. The lowest BCUT2D eigenvalue weighted by molar-refractivity contribution is 0.0657. The second kappa shape index (κ2) is 9.82. The highest BCUT2D eigenvalue weighted by Gasteiger charge is 2.25. The number of carbonyl (C=O) groups excluding carboxylic acids is 1. The first kappa shape index (κ1) is 21.2. The van der Waals surface area contributed by atoms with Gasteiger partial charge in [0.2, 0.25) is 0 Å². The van der Waals surface area contributed by atoms with Crippen LogP contribution in [0.4, 0.5) is 0 Å². The average molecular weight is 508 g/mol. The second-order valence-corrected chi connectivity index (χ2v) is 6.73. The number of nitrogens with zero attached hydrogens (tertiary/aromatic N) is 3. The molecule has 29 heavy (non-hydrogen) atoms. The number of guanidine groups is 1. The number of fused-ring (bicyclic) bond motifs is 1. The highest BCUT2D eigenvalue weighted by molar-refractivity contribution is 14.0. The van der Waals surface area contributed by atoms with Crippen molar-refractivity contribution in [3.63, 3.8) is 0 Å².